The number of benzene rings is 1. The quantitative estimate of drug-likeness (QED) is 0.566. The summed E-state index contributed by atoms with van der Waals surface area (Å²) in [7, 11) is 2.66. The molecule has 0 aliphatic carbocycles. The molecule has 0 saturated carbocycles. The molecule has 0 bridgehead atoms. The number of carbonyl (C=O) groups excluding carboxylic acids is 1. The molecule has 0 fully saturated rings. The van der Waals surface area contributed by atoms with Gasteiger partial charge in [0, 0.05) is 22.4 Å². The SMILES string of the molecule is CON(C)C(=O)c1nn(-c2cc(I)ccc2F)cc(C)c1=O. The highest BCUT2D eigenvalue weighted by Gasteiger charge is 2.20. The standard InChI is InChI=1S/C14H13FIN3O3/c1-8-7-19(11-6-9(16)4-5-10(11)15)17-12(13(8)20)14(21)18(2)22-3/h4-7H,1-3H3. The summed E-state index contributed by atoms with van der Waals surface area (Å²) in [6, 6.07) is 4.48. The van der Waals surface area contributed by atoms with Crippen LogP contribution in [0.15, 0.2) is 29.2 Å². The Hall–Kier alpha value is -1.81. The van der Waals surface area contributed by atoms with Gasteiger partial charge in [0.25, 0.3) is 0 Å². The van der Waals surface area contributed by atoms with E-state index in [4.69, 9.17) is 4.84 Å². The van der Waals surface area contributed by atoms with Crippen LogP contribution in [0.1, 0.15) is 16.1 Å². The number of amides is 1. The zero-order valence-electron chi connectivity index (χ0n) is 12.1. The molecule has 0 atom stereocenters. The topological polar surface area (TPSA) is 64.4 Å². The molecule has 0 radical (unpaired) electrons. The number of carbonyl (C=O) groups is 1. The van der Waals surface area contributed by atoms with Crippen LogP contribution in [0.3, 0.4) is 0 Å². The van der Waals surface area contributed by atoms with Crippen molar-refractivity contribution < 1.29 is 14.0 Å². The van der Waals surface area contributed by atoms with Crippen LogP contribution >= 0.6 is 22.6 Å². The Morgan fingerprint density at radius 1 is 1.45 bits per heavy atom. The van der Waals surface area contributed by atoms with Gasteiger partial charge in [0.15, 0.2) is 5.69 Å². The monoisotopic (exact) mass is 417 g/mol. The summed E-state index contributed by atoms with van der Waals surface area (Å²) in [5.41, 5.74) is -0.413. The van der Waals surface area contributed by atoms with E-state index in [2.05, 4.69) is 5.10 Å². The molecule has 0 aliphatic heterocycles. The molecule has 0 saturated heterocycles. The average molecular weight is 417 g/mol. The molecular weight excluding hydrogens is 404 g/mol. The van der Waals surface area contributed by atoms with E-state index in [1.54, 1.807) is 12.1 Å². The van der Waals surface area contributed by atoms with Gasteiger partial charge in [-0.3, -0.25) is 14.4 Å². The van der Waals surface area contributed by atoms with Crippen molar-refractivity contribution in [2.45, 2.75) is 6.92 Å². The van der Waals surface area contributed by atoms with Crippen molar-refractivity contribution in [2.75, 3.05) is 14.2 Å². The third-order valence-electron chi connectivity index (χ3n) is 3.01. The number of hydrogen-bond acceptors (Lipinski definition) is 4. The third-order valence-corrected chi connectivity index (χ3v) is 3.69. The van der Waals surface area contributed by atoms with Gasteiger partial charge in [0.05, 0.1) is 7.11 Å². The van der Waals surface area contributed by atoms with Gasteiger partial charge in [-0.25, -0.2) is 14.1 Å². The van der Waals surface area contributed by atoms with E-state index in [-0.39, 0.29) is 16.9 Å². The number of hydroxylamine groups is 2. The van der Waals surface area contributed by atoms with Crippen molar-refractivity contribution in [3.05, 3.63) is 55.3 Å². The summed E-state index contributed by atoms with van der Waals surface area (Å²) in [5.74, 6) is -1.20. The Morgan fingerprint density at radius 3 is 2.77 bits per heavy atom. The lowest BCUT2D eigenvalue weighted by molar-refractivity contribution is -0.0762. The lowest BCUT2D eigenvalue weighted by atomic mass is 10.2. The lowest BCUT2D eigenvalue weighted by Gasteiger charge is -2.14. The van der Waals surface area contributed by atoms with E-state index < -0.39 is 17.2 Å². The number of aromatic nitrogens is 2. The molecule has 1 heterocycles. The second-order valence-corrected chi connectivity index (χ2v) is 5.76. The largest absolute Gasteiger partial charge is 0.301 e. The number of nitrogens with zero attached hydrogens (tertiary/aromatic N) is 3. The van der Waals surface area contributed by atoms with Gasteiger partial charge >= 0.3 is 5.91 Å². The van der Waals surface area contributed by atoms with Crippen molar-refractivity contribution in [1.82, 2.24) is 14.8 Å². The van der Waals surface area contributed by atoms with Crippen LogP contribution in [0.25, 0.3) is 5.69 Å². The van der Waals surface area contributed by atoms with Crippen LogP contribution < -0.4 is 5.43 Å². The van der Waals surface area contributed by atoms with Crippen LogP contribution in [-0.4, -0.2) is 34.9 Å². The number of halogens is 2. The molecule has 1 aromatic heterocycles. The van der Waals surface area contributed by atoms with Gasteiger partial charge in [-0.1, -0.05) is 0 Å². The van der Waals surface area contributed by atoms with Crippen molar-refractivity contribution >= 4 is 28.5 Å². The molecule has 0 spiro atoms. The summed E-state index contributed by atoms with van der Waals surface area (Å²) in [4.78, 5) is 29.0. The first-order valence-corrected chi connectivity index (χ1v) is 7.31. The summed E-state index contributed by atoms with van der Waals surface area (Å²) in [6.45, 7) is 1.54. The van der Waals surface area contributed by atoms with Crippen LogP contribution in [0, 0.1) is 16.3 Å². The van der Waals surface area contributed by atoms with Crippen LogP contribution in [0.5, 0.6) is 0 Å². The van der Waals surface area contributed by atoms with Crippen molar-refractivity contribution in [2.24, 2.45) is 0 Å². The molecule has 8 heteroatoms. The van der Waals surface area contributed by atoms with Crippen LogP contribution in [0.4, 0.5) is 4.39 Å². The number of aryl methyl sites for hydroxylation is 1. The second kappa shape index (κ2) is 6.53. The Kier molecular flexibility index (Phi) is 4.91. The predicted molar refractivity (Wildman–Crippen MR) is 86.3 cm³/mol. The normalized spacial score (nSPS) is 10.6. The van der Waals surface area contributed by atoms with Gasteiger partial charge in [0.2, 0.25) is 5.43 Å². The maximum absolute atomic E-state index is 14.0. The Morgan fingerprint density at radius 2 is 2.14 bits per heavy atom. The lowest BCUT2D eigenvalue weighted by Crippen LogP contribution is -2.33. The van der Waals surface area contributed by atoms with Crippen molar-refractivity contribution in [1.29, 1.82) is 0 Å². The number of rotatable bonds is 3. The maximum Gasteiger partial charge on any atom is 0.301 e. The summed E-state index contributed by atoms with van der Waals surface area (Å²) in [5, 5.41) is 4.85. The molecule has 2 aromatic rings. The molecule has 0 aliphatic rings. The fourth-order valence-corrected chi connectivity index (χ4v) is 2.24. The number of hydrogen-bond donors (Lipinski definition) is 0. The fourth-order valence-electron chi connectivity index (χ4n) is 1.77. The highest BCUT2D eigenvalue weighted by molar-refractivity contribution is 14.1. The average Bonchev–Trinajstić information content (AvgIpc) is 2.50. The molecule has 0 N–H and O–H groups in total. The smallest absolute Gasteiger partial charge is 0.287 e. The minimum atomic E-state index is -0.698. The predicted octanol–water partition coefficient (Wildman–Crippen LogP) is 1.92. The Labute approximate surface area is 139 Å². The highest BCUT2D eigenvalue weighted by atomic mass is 127. The van der Waals surface area contributed by atoms with Gasteiger partial charge in [0.1, 0.15) is 11.5 Å². The van der Waals surface area contributed by atoms with E-state index in [9.17, 15) is 14.0 Å². The minimum absolute atomic E-state index is 0.157. The van der Waals surface area contributed by atoms with Crippen LogP contribution in [0.2, 0.25) is 0 Å². The van der Waals surface area contributed by atoms with Crippen LogP contribution in [-0.2, 0) is 4.84 Å². The molecule has 1 amide bonds. The van der Waals surface area contributed by atoms with Gasteiger partial charge < -0.3 is 0 Å². The first kappa shape index (κ1) is 16.6. The summed E-state index contributed by atoms with van der Waals surface area (Å²) in [6.07, 6.45) is 1.39. The van der Waals surface area contributed by atoms with Gasteiger partial charge in [-0.15, -0.1) is 0 Å². The van der Waals surface area contributed by atoms with E-state index in [0.717, 1.165) is 8.63 Å². The van der Waals surface area contributed by atoms with Gasteiger partial charge in [-0.2, -0.15) is 5.10 Å². The van der Waals surface area contributed by atoms with Crippen molar-refractivity contribution in [3.63, 3.8) is 0 Å². The maximum atomic E-state index is 14.0. The highest BCUT2D eigenvalue weighted by Crippen LogP contribution is 2.16. The van der Waals surface area contributed by atoms with E-state index in [0.29, 0.717) is 0 Å². The first-order valence-electron chi connectivity index (χ1n) is 6.23. The molecule has 116 valence electrons. The Bertz CT molecular complexity index is 791. The van der Waals surface area contributed by atoms with Crippen molar-refractivity contribution in [3.8, 4) is 5.69 Å². The summed E-state index contributed by atoms with van der Waals surface area (Å²) >= 11 is 2.04. The minimum Gasteiger partial charge on any atom is -0.287 e. The van der Waals surface area contributed by atoms with E-state index in [1.807, 2.05) is 22.6 Å². The van der Waals surface area contributed by atoms with Gasteiger partial charge in [-0.05, 0) is 47.7 Å². The second-order valence-electron chi connectivity index (χ2n) is 4.52. The van der Waals surface area contributed by atoms with E-state index in [1.165, 1.54) is 38.0 Å². The zero-order chi connectivity index (χ0) is 16.4. The van der Waals surface area contributed by atoms with E-state index >= 15 is 0 Å². The molecule has 0 unspecified atom stereocenters. The third kappa shape index (κ3) is 3.17. The molecule has 22 heavy (non-hydrogen) atoms. The molecule has 1 aromatic carbocycles. The first-order chi connectivity index (χ1) is 10.3. The molecular formula is C14H13FIN3O3. The molecule has 6 nitrogen and oxygen atoms in total. The summed E-state index contributed by atoms with van der Waals surface area (Å²) < 4.78 is 16.0. The Balaban J connectivity index is 2.65. The fraction of sp³-hybridized carbons (Fsp3) is 0.214. The molecule has 2 rings (SSSR count). The zero-order valence-corrected chi connectivity index (χ0v) is 14.3.